The molecule has 0 saturated carbocycles. The first-order chi connectivity index (χ1) is 7.25. The van der Waals surface area contributed by atoms with Crippen LogP contribution in [0.2, 0.25) is 0 Å². The molecule has 1 aliphatic heterocycles. The van der Waals surface area contributed by atoms with Gasteiger partial charge in [-0.05, 0) is 23.8 Å². The fourth-order valence-electron chi connectivity index (χ4n) is 1.47. The van der Waals surface area contributed by atoms with Gasteiger partial charge in [-0.1, -0.05) is 28.1 Å². The Morgan fingerprint density at radius 3 is 2.67 bits per heavy atom. The molecular weight excluding hydrogens is 256 g/mol. The largest absolute Gasteiger partial charge is 0.376 e. The minimum atomic E-state index is 0.198. The van der Waals surface area contributed by atoms with E-state index >= 15 is 0 Å². The van der Waals surface area contributed by atoms with E-state index in [1.165, 1.54) is 0 Å². The number of hydrogen-bond acceptors (Lipinski definition) is 2. The Balaban J connectivity index is 2.21. The number of halogens is 1. The molecule has 1 aromatic rings. The van der Waals surface area contributed by atoms with Gasteiger partial charge in [0.25, 0.3) is 0 Å². The second-order valence-electron chi connectivity index (χ2n) is 3.45. The Morgan fingerprint density at radius 2 is 2.00 bits per heavy atom. The summed E-state index contributed by atoms with van der Waals surface area (Å²) in [5.41, 5.74) is 1.80. The van der Waals surface area contributed by atoms with Gasteiger partial charge < -0.3 is 4.74 Å². The van der Waals surface area contributed by atoms with E-state index in [4.69, 9.17) is 4.74 Å². The van der Waals surface area contributed by atoms with Crippen LogP contribution in [0, 0.1) is 0 Å². The minimum absolute atomic E-state index is 0.198. The molecule has 0 bridgehead atoms. The van der Waals surface area contributed by atoms with Gasteiger partial charge in [0.05, 0.1) is 13.2 Å². The highest BCUT2D eigenvalue weighted by Gasteiger charge is 2.14. The van der Waals surface area contributed by atoms with Gasteiger partial charge in [0, 0.05) is 16.5 Å². The van der Waals surface area contributed by atoms with Crippen LogP contribution in [-0.4, -0.2) is 19.0 Å². The molecule has 0 radical (unpaired) electrons. The number of rotatable bonds is 1. The van der Waals surface area contributed by atoms with E-state index in [1.807, 2.05) is 30.3 Å². The molecule has 0 unspecified atom stereocenters. The van der Waals surface area contributed by atoms with E-state index in [0.29, 0.717) is 19.6 Å². The van der Waals surface area contributed by atoms with Crippen molar-refractivity contribution in [1.82, 2.24) is 0 Å². The summed E-state index contributed by atoms with van der Waals surface area (Å²) in [7, 11) is 0. The molecule has 0 atom stereocenters. The van der Waals surface area contributed by atoms with Crippen molar-refractivity contribution in [2.45, 2.75) is 6.42 Å². The maximum absolute atomic E-state index is 11.5. The highest BCUT2D eigenvalue weighted by atomic mass is 79.9. The van der Waals surface area contributed by atoms with Gasteiger partial charge in [0.1, 0.15) is 0 Å². The van der Waals surface area contributed by atoms with Gasteiger partial charge in [0.15, 0.2) is 5.78 Å². The van der Waals surface area contributed by atoms with Crippen LogP contribution >= 0.6 is 15.9 Å². The molecule has 2 nitrogen and oxygen atoms in total. The average Bonchev–Trinajstić information content (AvgIpc) is 2.25. The van der Waals surface area contributed by atoms with Gasteiger partial charge in [-0.15, -0.1) is 0 Å². The lowest BCUT2D eigenvalue weighted by Gasteiger charge is -2.13. The molecule has 1 aliphatic rings. The van der Waals surface area contributed by atoms with E-state index < -0.39 is 0 Å². The van der Waals surface area contributed by atoms with E-state index in [1.54, 1.807) is 0 Å². The van der Waals surface area contributed by atoms with Crippen molar-refractivity contribution in [3.05, 3.63) is 39.9 Å². The van der Waals surface area contributed by atoms with Crippen LogP contribution in [0.5, 0.6) is 0 Å². The van der Waals surface area contributed by atoms with Crippen molar-refractivity contribution in [3.63, 3.8) is 0 Å². The predicted octanol–water partition coefficient (Wildman–Crippen LogP) is 2.82. The first-order valence-electron chi connectivity index (χ1n) is 4.83. The molecule has 78 valence electrons. The lowest BCUT2D eigenvalue weighted by Crippen LogP contribution is -2.18. The molecule has 15 heavy (non-hydrogen) atoms. The first-order valence-corrected chi connectivity index (χ1v) is 5.62. The summed E-state index contributed by atoms with van der Waals surface area (Å²) in [4.78, 5) is 11.5. The van der Waals surface area contributed by atoms with Crippen molar-refractivity contribution in [2.75, 3.05) is 13.2 Å². The summed E-state index contributed by atoms with van der Waals surface area (Å²) in [5.74, 6) is 0.198. The van der Waals surface area contributed by atoms with E-state index in [2.05, 4.69) is 15.9 Å². The van der Waals surface area contributed by atoms with Gasteiger partial charge in [0.2, 0.25) is 0 Å². The zero-order valence-electron chi connectivity index (χ0n) is 8.20. The number of benzene rings is 1. The van der Waals surface area contributed by atoms with Crippen LogP contribution in [0.15, 0.2) is 34.3 Å². The lowest BCUT2D eigenvalue weighted by molar-refractivity contribution is -0.119. The number of hydrogen-bond donors (Lipinski definition) is 0. The third-order valence-corrected chi connectivity index (χ3v) is 2.83. The third kappa shape index (κ3) is 2.76. The monoisotopic (exact) mass is 266 g/mol. The summed E-state index contributed by atoms with van der Waals surface area (Å²) in [5, 5.41) is 0. The van der Waals surface area contributed by atoms with Gasteiger partial charge in [-0.3, -0.25) is 4.79 Å². The summed E-state index contributed by atoms with van der Waals surface area (Å²) < 4.78 is 6.29. The van der Waals surface area contributed by atoms with Gasteiger partial charge >= 0.3 is 0 Å². The van der Waals surface area contributed by atoms with Crippen LogP contribution in [0.1, 0.15) is 12.0 Å². The number of ketones is 1. The van der Waals surface area contributed by atoms with Crippen molar-refractivity contribution < 1.29 is 9.53 Å². The Bertz CT molecular complexity index is 393. The minimum Gasteiger partial charge on any atom is -0.376 e. The van der Waals surface area contributed by atoms with E-state index in [-0.39, 0.29) is 5.78 Å². The van der Waals surface area contributed by atoms with Crippen LogP contribution in [-0.2, 0) is 9.53 Å². The third-order valence-electron chi connectivity index (χ3n) is 2.30. The Hall–Kier alpha value is -0.930. The molecule has 0 N–H and O–H groups in total. The molecule has 0 aliphatic carbocycles. The number of ether oxygens (including phenoxy) is 1. The molecule has 2 rings (SSSR count). The molecule has 1 saturated heterocycles. The molecule has 3 heteroatoms. The zero-order chi connectivity index (χ0) is 10.7. The molecule has 1 heterocycles. The molecule has 0 aromatic heterocycles. The highest BCUT2D eigenvalue weighted by Crippen LogP contribution is 2.16. The van der Waals surface area contributed by atoms with Crippen molar-refractivity contribution in [3.8, 4) is 0 Å². The quantitative estimate of drug-likeness (QED) is 0.731. The second kappa shape index (κ2) is 4.73. The van der Waals surface area contributed by atoms with Crippen molar-refractivity contribution in [2.24, 2.45) is 0 Å². The highest BCUT2D eigenvalue weighted by molar-refractivity contribution is 9.10. The lowest BCUT2D eigenvalue weighted by atomic mass is 10.0. The van der Waals surface area contributed by atoms with Crippen molar-refractivity contribution in [1.29, 1.82) is 0 Å². The van der Waals surface area contributed by atoms with Gasteiger partial charge in [-0.25, -0.2) is 0 Å². The maximum Gasteiger partial charge on any atom is 0.163 e. The van der Waals surface area contributed by atoms with Gasteiger partial charge in [-0.2, -0.15) is 0 Å². The SMILES string of the molecule is O=C1CCOC/C1=C\c1ccc(Br)cc1. The first kappa shape index (κ1) is 10.6. The van der Waals surface area contributed by atoms with Crippen LogP contribution in [0.25, 0.3) is 6.08 Å². The fourth-order valence-corrected chi connectivity index (χ4v) is 1.73. The Morgan fingerprint density at radius 1 is 1.27 bits per heavy atom. The summed E-state index contributed by atoms with van der Waals surface area (Å²) in [6.45, 7) is 0.991. The molecule has 1 aromatic carbocycles. The van der Waals surface area contributed by atoms with Crippen LogP contribution in [0.3, 0.4) is 0 Å². The normalized spacial score (nSPS) is 19.5. The summed E-state index contributed by atoms with van der Waals surface area (Å²) in [6.07, 6.45) is 2.40. The summed E-state index contributed by atoms with van der Waals surface area (Å²) in [6, 6.07) is 7.86. The molecular formula is C12H11BrO2. The maximum atomic E-state index is 11.5. The van der Waals surface area contributed by atoms with Crippen molar-refractivity contribution >= 4 is 27.8 Å². The molecule has 1 fully saturated rings. The second-order valence-corrected chi connectivity index (χ2v) is 4.36. The average molecular weight is 267 g/mol. The zero-order valence-corrected chi connectivity index (χ0v) is 9.79. The topological polar surface area (TPSA) is 26.3 Å². The Kier molecular flexibility index (Phi) is 3.34. The number of Topliss-reactive ketones (excluding diaryl/α,β-unsaturated/α-hetero) is 1. The molecule has 0 amide bonds. The van der Waals surface area contributed by atoms with Crippen LogP contribution in [0.4, 0.5) is 0 Å². The summed E-state index contributed by atoms with van der Waals surface area (Å²) >= 11 is 3.37. The number of carbonyl (C=O) groups is 1. The van der Waals surface area contributed by atoms with Crippen LogP contribution < -0.4 is 0 Å². The smallest absolute Gasteiger partial charge is 0.163 e. The Labute approximate surface area is 97.1 Å². The molecule has 0 spiro atoms. The predicted molar refractivity (Wildman–Crippen MR) is 62.6 cm³/mol. The van der Waals surface area contributed by atoms with E-state index in [0.717, 1.165) is 15.6 Å². The van der Waals surface area contributed by atoms with E-state index in [9.17, 15) is 4.79 Å². The fraction of sp³-hybridized carbons (Fsp3) is 0.250. The number of carbonyl (C=O) groups excluding carboxylic acids is 1. The standard InChI is InChI=1S/C12H11BrO2/c13-11-3-1-9(2-4-11)7-10-8-15-6-5-12(10)14/h1-4,7H,5-6,8H2/b10-7+.